The van der Waals surface area contributed by atoms with Crippen molar-refractivity contribution < 1.29 is 13.7 Å². The van der Waals surface area contributed by atoms with E-state index in [0.717, 1.165) is 62.3 Å². The highest BCUT2D eigenvalue weighted by atomic mass is 19.1. The highest BCUT2D eigenvalue weighted by Gasteiger charge is 2.27. The van der Waals surface area contributed by atoms with Crippen LogP contribution in [-0.2, 0) is 0 Å². The number of aromatic nitrogens is 1. The second-order valence-electron chi connectivity index (χ2n) is 9.17. The van der Waals surface area contributed by atoms with Gasteiger partial charge < -0.3 is 19.6 Å². The molecule has 1 aliphatic heterocycles. The van der Waals surface area contributed by atoms with Crippen molar-refractivity contribution in [1.29, 1.82) is 0 Å². The molecule has 2 aromatic rings. The number of nitrogens with one attached hydrogen (secondary N) is 1. The van der Waals surface area contributed by atoms with E-state index < -0.39 is 0 Å². The molecular weight excluding hydrogens is 383 g/mol. The first-order valence-electron chi connectivity index (χ1n) is 11.2. The van der Waals surface area contributed by atoms with E-state index in [1.165, 1.54) is 31.4 Å². The van der Waals surface area contributed by atoms with Gasteiger partial charge in [-0.3, -0.25) is 0 Å². The molecule has 2 amide bonds. The van der Waals surface area contributed by atoms with Gasteiger partial charge in [0.25, 0.3) is 0 Å². The van der Waals surface area contributed by atoms with E-state index in [2.05, 4.69) is 15.4 Å². The third-order valence-corrected chi connectivity index (χ3v) is 6.87. The van der Waals surface area contributed by atoms with Gasteiger partial charge in [0.15, 0.2) is 5.58 Å². The van der Waals surface area contributed by atoms with Crippen molar-refractivity contribution in [3.63, 3.8) is 0 Å². The lowest BCUT2D eigenvalue weighted by molar-refractivity contribution is 0.178. The predicted molar refractivity (Wildman–Crippen MR) is 115 cm³/mol. The largest absolute Gasteiger partial charge is 0.356 e. The maximum Gasteiger partial charge on any atom is 0.317 e. The zero-order chi connectivity index (χ0) is 21.1. The molecule has 1 saturated heterocycles. The number of carbonyl (C=O) groups excluding carboxylic acids is 1. The molecular formula is C23H33FN4O2. The van der Waals surface area contributed by atoms with Crippen LogP contribution in [0.1, 0.15) is 56.6 Å². The van der Waals surface area contributed by atoms with Crippen LogP contribution >= 0.6 is 0 Å². The molecule has 1 N–H and O–H groups in total. The Morgan fingerprint density at radius 3 is 2.63 bits per heavy atom. The third-order valence-electron chi connectivity index (χ3n) is 6.87. The SMILES string of the molecule is CN(C)C(=O)NC1CCC(CCN2CCC(c3noc4cc(F)ccc34)CC2)CC1. The molecule has 7 heteroatoms. The molecule has 2 aliphatic rings. The average molecular weight is 417 g/mol. The molecule has 1 aliphatic carbocycles. The van der Waals surface area contributed by atoms with E-state index in [1.54, 1.807) is 25.1 Å². The number of piperidine rings is 1. The predicted octanol–water partition coefficient (Wildman–Crippen LogP) is 4.37. The Morgan fingerprint density at radius 1 is 1.20 bits per heavy atom. The van der Waals surface area contributed by atoms with E-state index in [4.69, 9.17) is 4.52 Å². The molecule has 1 aromatic heterocycles. The van der Waals surface area contributed by atoms with Gasteiger partial charge in [0.1, 0.15) is 5.82 Å². The van der Waals surface area contributed by atoms with Crippen LogP contribution in [0.2, 0.25) is 0 Å². The van der Waals surface area contributed by atoms with Gasteiger partial charge >= 0.3 is 6.03 Å². The molecule has 1 aromatic carbocycles. The van der Waals surface area contributed by atoms with Gasteiger partial charge in [-0.25, -0.2) is 9.18 Å². The normalized spacial score (nSPS) is 23.6. The summed E-state index contributed by atoms with van der Waals surface area (Å²) in [5.74, 6) is 0.877. The van der Waals surface area contributed by atoms with Gasteiger partial charge in [0, 0.05) is 37.5 Å². The summed E-state index contributed by atoms with van der Waals surface area (Å²) in [5, 5.41) is 8.32. The Kier molecular flexibility index (Phi) is 6.56. The number of benzene rings is 1. The van der Waals surface area contributed by atoms with E-state index in [1.807, 2.05) is 0 Å². The van der Waals surface area contributed by atoms with Crippen LogP contribution in [0.5, 0.6) is 0 Å². The summed E-state index contributed by atoms with van der Waals surface area (Å²) in [6.45, 7) is 3.31. The molecule has 2 fully saturated rings. The molecule has 0 spiro atoms. The fourth-order valence-corrected chi connectivity index (χ4v) is 4.92. The fourth-order valence-electron chi connectivity index (χ4n) is 4.92. The number of hydrogen-bond donors (Lipinski definition) is 1. The number of fused-ring (bicyclic) bond motifs is 1. The van der Waals surface area contributed by atoms with Crippen LogP contribution in [0.25, 0.3) is 11.0 Å². The van der Waals surface area contributed by atoms with Gasteiger partial charge in [-0.05, 0) is 82.6 Å². The average Bonchev–Trinajstić information content (AvgIpc) is 3.16. The summed E-state index contributed by atoms with van der Waals surface area (Å²) in [7, 11) is 3.57. The molecule has 4 rings (SSSR count). The van der Waals surface area contributed by atoms with Gasteiger partial charge in [-0.1, -0.05) is 5.16 Å². The summed E-state index contributed by atoms with van der Waals surface area (Å²) in [6.07, 6.45) is 7.97. The van der Waals surface area contributed by atoms with Crippen molar-refractivity contribution >= 4 is 17.0 Å². The standard InChI is InChI=1S/C23H33FN4O2/c1-27(2)23(29)25-19-6-3-16(4-7-19)9-12-28-13-10-17(11-14-28)22-20-8-5-18(24)15-21(20)30-26-22/h5,8,15-17,19H,3-4,6-7,9-14H2,1-2H3,(H,25,29). The van der Waals surface area contributed by atoms with Gasteiger partial charge in [-0.2, -0.15) is 0 Å². The third kappa shape index (κ3) is 4.94. The number of halogens is 1. The van der Waals surface area contributed by atoms with Crippen LogP contribution in [0, 0.1) is 11.7 Å². The summed E-state index contributed by atoms with van der Waals surface area (Å²) in [5.41, 5.74) is 1.53. The lowest BCUT2D eigenvalue weighted by Crippen LogP contribution is -2.43. The van der Waals surface area contributed by atoms with Crippen molar-refractivity contribution in [2.45, 2.75) is 56.9 Å². The van der Waals surface area contributed by atoms with Crippen molar-refractivity contribution in [3.05, 3.63) is 29.7 Å². The number of likely N-dealkylation sites (tertiary alicyclic amines) is 1. The van der Waals surface area contributed by atoms with Crippen LogP contribution in [0.15, 0.2) is 22.7 Å². The van der Waals surface area contributed by atoms with Gasteiger partial charge in [0.2, 0.25) is 0 Å². The molecule has 164 valence electrons. The van der Waals surface area contributed by atoms with Gasteiger partial charge in [-0.15, -0.1) is 0 Å². The number of hydrogen-bond acceptors (Lipinski definition) is 4. The number of amides is 2. The number of nitrogens with zero attached hydrogens (tertiary/aromatic N) is 3. The maximum atomic E-state index is 13.4. The monoisotopic (exact) mass is 416 g/mol. The lowest BCUT2D eigenvalue weighted by Gasteiger charge is -2.34. The first-order chi connectivity index (χ1) is 14.5. The topological polar surface area (TPSA) is 61.6 Å². The highest BCUT2D eigenvalue weighted by Crippen LogP contribution is 2.33. The maximum absolute atomic E-state index is 13.4. The highest BCUT2D eigenvalue weighted by molar-refractivity contribution is 5.79. The summed E-state index contributed by atoms with van der Waals surface area (Å²) in [4.78, 5) is 16.0. The number of carbonyl (C=O) groups is 1. The minimum atomic E-state index is -0.283. The zero-order valence-corrected chi connectivity index (χ0v) is 18.1. The molecule has 1 saturated carbocycles. The van der Waals surface area contributed by atoms with E-state index in [0.29, 0.717) is 17.5 Å². The quantitative estimate of drug-likeness (QED) is 0.786. The molecule has 2 heterocycles. The molecule has 0 unspecified atom stereocenters. The Hall–Kier alpha value is -2.15. The smallest absolute Gasteiger partial charge is 0.317 e. The summed E-state index contributed by atoms with van der Waals surface area (Å²) < 4.78 is 18.7. The van der Waals surface area contributed by atoms with Crippen molar-refractivity contribution in [2.24, 2.45) is 5.92 Å². The molecule has 0 atom stereocenters. The summed E-state index contributed by atoms with van der Waals surface area (Å²) in [6, 6.07) is 5.05. The molecule has 0 bridgehead atoms. The summed E-state index contributed by atoms with van der Waals surface area (Å²) >= 11 is 0. The molecule has 6 nitrogen and oxygen atoms in total. The number of urea groups is 1. The minimum absolute atomic E-state index is 0.0198. The first kappa shape index (κ1) is 21.1. The zero-order valence-electron chi connectivity index (χ0n) is 18.1. The van der Waals surface area contributed by atoms with Crippen LogP contribution in [0.3, 0.4) is 0 Å². The second-order valence-corrected chi connectivity index (χ2v) is 9.17. The van der Waals surface area contributed by atoms with Crippen molar-refractivity contribution in [2.75, 3.05) is 33.7 Å². The molecule has 30 heavy (non-hydrogen) atoms. The van der Waals surface area contributed by atoms with Gasteiger partial charge in [0.05, 0.1) is 5.69 Å². The Labute approximate surface area is 177 Å². The lowest BCUT2D eigenvalue weighted by atomic mass is 9.83. The van der Waals surface area contributed by atoms with Crippen molar-refractivity contribution in [3.8, 4) is 0 Å². The van der Waals surface area contributed by atoms with Crippen LogP contribution < -0.4 is 5.32 Å². The second kappa shape index (κ2) is 9.33. The van der Waals surface area contributed by atoms with E-state index >= 15 is 0 Å². The Bertz CT molecular complexity index is 852. The van der Waals surface area contributed by atoms with Crippen LogP contribution in [0.4, 0.5) is 9.18 Å². The Morgan fingerprint density at radius 2 is 1.93 bits per heavy atom. The minimum Gasteiger partial charge on any atom is -0.356 e. The van der Waals surface area contributed by atoms with E-state index in [-0.39, 0.29) is 11.8 Å². The van der Waals surface area contributed by atoms with Crippen molar-refractivity contribution in [1.82, 2.24) is 20.3 Å². The number of rotatable bonds is 5. The Balaban J connectivity index is 1.19. The molecule has 0 radical (unpaired) electrons. The first-order valence-corrected chi connectivity index (χ1v) is 11.2. The van der Waals surface area contributed by atoms with E-state index in [9.17, 15) is 9.18 Å². The van der Waals surface area contributed by atoms with Crippen LogP contribution in [-0.4, -0.2) is 60.8 Å². The fraction of sp³-hybridized carbons (Fsp3) is 0.652.